The molecule has 1 amide bonds. The largest absolute Gasteiger partial charge is 0.494 e. The molecule has 0 saturated heterocycles. The van der Waals surface area contributed by atoms with E-state index in [-0.39, 0.29) is 36.0 Å². The Morgan fingerprint density at radius 1 is 1.19 bits per heavy atom. The molecule has 184 valence electrons. The highest BCUT2D eigenvalue weighted by Crippen LogP contribution is 2.39. The first-order valence-corrected chi connectivity index (χ1v) is 10.8. The molecule has 1 aliphatic rings. The van der Waals surface area contributed by atoms with Gasteiger partial charge in [-0.15, -0.1) is 0 Å². The fourth-order valence-corrected chi connectivity index (χ4v) is 3.79. The van der Waals surface area contributed by atoms with E-state index in [9.17, 15) is 9.18 Å². The number of aromatic nitrogens is 5. The quantitative estimate of drug-likeness (QED) is 0.394. The van der Waals surface area contributed by atoms with Crippen LogP contribution in [-0.2, 0) is 25.0 Å². The number of nitrogens with one attached hydrogen (secondary N) is 3. The monoisotopic (exact) mass is 493 g/mol. The molecule has 3 aromatic heterocycles. The number of halogens is 1. The number of benzene rings is 1. The Bertz CT molecular complexity index is 1560. The minimum atomic E-state index is -2.72. The van der Waals surface area contributed by atoms with Crippen molar-refractivity contribution in [2.45, 2.75) is 13.2 Å². The average Bonchev–Trinajstić information content (AvgIpc) is 3.30. The number of anilines is 4. The Balaban J connectivity index is 1.68. The molecule has 36 heavy (non-hydrogen) atoms. The molecule has 5 rings (SSSR count). The van der Waals surface area contributed by atoms with Crippen molar-refractivity contribution in [3.05, 3.63) is 65.5 Å². The van der Waals surface area contributed by atoms with Gasteiger partial charge in [-0.05, 0) is 29.8 Å². The van der Waals surface area contributed by atoms with Gasteiger partial charge in [0.05, 0.1) is 42.8 Å². The molecule has 0 aliphatic carbocycles. The molecular weight excluding hydrogens is 467 g/mol. The molecular formula is C24H23FN8O3. The minimum absolute atomic E-state index is 0.0438. The summed E-state index contributed by atoms with van der Waals surface area (Å²) in [6.45, 7) is -2.74. The fraction of sp³-hybridized carbons (Fsp3) is 0.208. The Labute approximate surface area is 209 Å². The molecule has 1 aliphatic heterocycles. The summed E-state index contributed by atoms with van der Waals surface area (Å²) in [4.78, 5) is 25.7. The molecule has 0 atom stereocenters. The second-order valence-corrected chi connectivity index (χ2v) is 7.90. The molecule has 11 nitrogen and oxygen atoms in total. The summed E-state index contributed by atoms with van der Waals surface area (Å²) in [6, 6.07) is 7.72. The Kier molecular flexibility index (Phi) is 5.24. The van der Waals surface area contributed by atoms with Gasteiger partial charge in [-0.3, -0.25) is 9.48 Å². The van der Waals surface area contributed by atoms with Crippen molar-refractivity contribution in [1.82, 2.24) is 30.0 Å². The number of ether oxygens (including phenoxy) is 2. The summed E-state index contributed by atoms with van der Waals surface area (Å²) in [5.74, 6) is -0.113. The zero-order valence-corrected chi connectivity index (χ0v) is 19.3. The smallest absolute Gasteiger partial charge is 0.254 e. The second kappa shape index (κ2) is 9.58. The van der Waals surface area contributed by atoms with E-state index in [1.807, 2.05) is 5.32 Å². The van der Waals surface area contributed by atoms with Crippen LogP contribution in [-0.4, -0.2) is 44.7 Å². The normalized spacial score (nSPS) is 14.2. The summed E-state index contributed by atoms with van der Waals surface area (Å²) in [6.07, 6.45) is 2.76. The van der Waals surface area contributed by atoms with Crippen molar-refractivity contribution in [2.75, 3.05) is 24.7 Å². The van der Waals surface area contributed by atoms with Gasteiger partial charge < -0.3 is 25.4 Å². The lowest BCUT2D eigenvalue weighted by Gasteiger charge is -2.19. The van der Waals surface area contributed by atoms with Crippen LogP contribution in [0.4, 0.5) is 27.4 Å². The summed E-state index contributed by atoms with van der Waals surface area (Å²) in [5, 5.41) is 12.5. The van der Waals surface area contributed by atoms with Gasteiger partial charge >= 0.3 is 0 Å². The van der Waals surface area contributed by atoms with Crippen LogP contribution >= 0.6 is 0 Å². The van der Waals surface area contributed by atoms with E-state index in [0.717, 1.165) is 0 Å². The number of rotatable bonds is 3. The van der Waals surface area contributed by atoms with Crippen molar-refractivity contribution in [3.63, 3.8) is 0 Å². The second-order valence-electron chi connectivity index (χ2n) is 7.90. The molecule has 3 N–H and O–H groups in total. The predicted octanol–water partition coefficient (Wildman–Crippen LogP) is 3.30. The van der Waals surface area contributed by atoms with E-state index in [1.54, 1.807) is 19.2 Å². The number of nitrogens with zero attached hydrogens (tertiary/aromatic N) is 5. The Morgan fingerprint density at radius 2 is 2.08 bits per heavy atom. The molecule has 0 unspecified atom stereocenters. The Hall–Kier alpha value is -4.58. The van der Waals surface area contributed by atoms with E-state index in [2.05, 4.69) is 30.7 Å². The number of carbonyl (C=O) groups is 1. The SMILES string of the molecule is [2H]C([2H])([2H])NC(=O)c1cnc2cc1Nc1cc(cc(-c3ncn(C)n3)c1OC)COCc1nc(ccc1F)N2. The lowest BCUT2D eigenvalue weighted by atomic mass is 10.1. The molecule has 0 fully saturated rings. The van der Waals surface area contributed by atoms with Crippen molar-refractivity contribution < 1.29 is 22.8 Å². The highest BCUT2D eigenvalue weighted by molar-refractivity contribution is 6.00. The number of aryl methyl sites for hydroxylation is 1. The van der Waals surface area contributed by atoms with Crippen molar-refractivity contribution in [3.8, 4) is 17.1 Å². The molecule has 0 radical (unpaired) electrons. The van der Waals surface area contributed by atoms with Crippen LogP contribution in [0.3, 0.4) is 0 Å². The van der Waals surface area contributed by atoms with Gasteiger partial charge in [0.15, 0.2) is 11.6 Å². The van der Waals surface area contributed by atoms with Crippen molar-refractivity contribution in [1.29, 1.82) is 0 Å². The molecule has 0 spiro atoms. The summed E-state index contributed by atoms with van der Waals surface area (Å²) >= 11 is 0. The number of carbonyl (C=O) groups excluding carboxylic acids is 1. The minimum Gasteiger partial charge on any atom is -0.494 e. The summed E-state index contributed by atoms with van der Waals surface area (Å²) < 4.78 is 49.8. The third-order valence-electron chi connectivity index (χ3n) is 5.41. The topological polar surface area (TPSA) is 128 Å². The highest BCUT2D eigenvalue weighted by Gasteiger charge is 2.20. The molecule has 4 heterocycles. The van der Waals surface area contributed by atoms with E-state index in [0.29, 0.717) is 34.2 Å². The van der Waals surface area contributed by atoms with Crippen LogP contribution in [0.25, 0.3) is 11.4 Å². The third kappa shape index (κ3) is 4.53. The lowest BCUT2D eigenvalue weighted by molar-refractivity contribution is 0.0963. The maximum atomic E-state index is 14.4. The maximum Gasteiger partial charge on any atom is 0.254 e. The van der Waals surface area contributed by atoms with Crippen LogP contribution in [0.1, 0.15) is 25.7 Å². The molecule has 0 saturated carbocycles. The number of amides is 1. The summed E-state index contributed by atoms with van der Waals surface area (Å²) in [5.41, 5.74) is 1.87. The van der Waals surface area contributed by atoms with Gasteiger partial charge in [0, 0.05) is 30.4 Å². The first-order chi connectivity index (χ1) is 18.6. The lowest BCUT2D eigenvalue weighted by Crippen LogP contribution is -2.20. The van der Waals surface area contributed by atoms with E-state index < -0.39 is 18.7 Å². The van der Waals surface area contributed by atoms with Crippen LogP contribution in [0.5, 0.6) is 5.75 Å². The molecule has 1 aromatic carbocycles. The first-order valence-electron chi connectivity index (χ1n) is 12.3. The molecule has 12 heteroatoms. The standard InChI is InChI=1S/C24H23FN8O3/c1-26-24(34)15-9-27-21-8-17(15)29-18-7-13(6-14(22(18)35-3)23-28-12-33(2)32-23)10-36-11-19-16(25)4-5-20(30-19)31-21/h4-9,12,29H,10-11H2,1-3H3,(H,26,34)(H,27,30,31)/i1D3. The Morgan fingerprint density at radius 3 is 2.86 bits per heavy atom. The zero-order chi connectivity index (χ0) is 27.7. The van der Waals surface area contributed by atoms with E-state index in [4.69, 9.17) is 13.6 Å². The number of fused-ring (bicyclic) bond motifs is 6. The number of hydrogen-bond donors (Lipinski definition) is 3. The predicted molar refractivity (Wildman–Crippen MR) is 130 cm³/mol. The van der Waals surface area contributed by atoms with Gasteiger partial charge in [-0.25, -0.2) is 19.3 Å². The summed E-state index contributed by atoms with van der Waals surface area (Å²) in [7, 11) is 3.20. The van der Waals surface area contributed by atoms with E-state index in [1.165, 1.54) is 42.5 Å². The van der Waals surface area contributed by atoms with Crippen LogP contribution in [0.2, 0.25) is 0 Å². The van der Waals surface area contributed by atoms with Crippen molar-refractivity contribution in [2.24, 2.45) is 7.05 Å². The van der Waals surface area contributed by atoms with Gasteiger partial charge in [0.1, 0.15) is 29.5 Å². The van der Waals surface area contributed by atoms with Crippen LogP contribution in [0, 0.1) is 5.82 Å². The van der Waals surface area contributed by atoms with E-state index >= 15 is 0 Å². The van der Waals surface area contributed by atoms with Gasteiger partial charge in [-0.1, -0.05) is 0 Å². The van der Waals surface area contributed by atoms with Gasteiger partial charge in [0.25, 0.3) is 5.91 Å². The number of methoxy groups -OCH3 is 1. The van der Waals surface area contributed by atoms with Crippen molar-refractivity contribution >= 4 is 28.9 Å². The van der Waals surface area contributed by atoms with Gasteiger partial charge in [-0.2, -0.15) is 5.10 Å². The zero-order valence-electron chi connectivity index (χ0n) is 22.3. The number of pyridine rings is 2. The molecule has 6 bridgehead atoms. The van der Waals surface area contributed by atoms with Crippen LogP contribution in [0.15, 0.2) is 42.9 Å². The highest BCUT2D eigenvalue weighted by atomic mass is 19.1. The van der Waals surface area contributed by atoms with Crippen LogP contribution < -0.4 is 20.7 Å². The molecule has 4 aromatic rings. The first kappa shape index (κ1) is 19.7. The number of hydrogen-bond acceptors (Lipinski definition) is 9. The maximum absolute atomic E-state index is 14.4. The third-order valence-corrected chi connectivity index (χ3v) is 5.41. The average molecular weight is 494 g/mol. The van der Waals surface area contributed by atoms with Gasteiger partial charge in [0.2, 0.25) is 0 Å². The fourth-order valence-electron chi connectivity index (χ4n) is 3.79.